The normalized spacial score (nSPS) is 11.6. The average Bonchev–Trinajstić information content (AvgIpc) is 2.96. The molecule has 6 rings (SSSR count). The molecule has 1 heterocycles. The molecule has 3 nitrogen and oxygen atoms in total. The van der Waals surface area contributed by atoms with Crippen LogP contribution >= 0.6 is 0 Å². The fourth-order valence-electron chi connectivity index (χ4n) is 5.15. The number of nitrogens with zero attached hydrogens (tertiary/aromatic N) is 1. The van der Waals surface area contributed by atoms with E-state index < -0.39 is 5.60 Å². The van der Waals surface area contributed by atoms with Gasteiger partial charge in [-0.05, 0) is 24.3 Å². The summed E-state index contributed by atoms with van der Waals surface area (Å²) in [5.74, 6) is 0.692. The summed E-state index contributed by atoms with van der Waals surface area (Å²) in [6, 6.07) is 44.7. The van der Waals surface area contributed by atoms with Gasteiger partial charge in [-0.2, -0.15) is 0 Å². The van der Waals surface area contributed by atoms with Crippen molar-refractivity contribution < 1.29 is 4.74 Å². The summed E-state index contributed by atoms with van der Waals surface area (Å²) in [4.78, 5) is 13.1. The first-order valence-electron chi connectivity index (χ1n) is 12.1. The van der Waals surface area contributed by atoms with Crippen LogP contribution in [-0.4, -0.2) is 4.57 Å². The second kappa shape index (κ2) is 8.86. The molecule has 1 aromatic heterocycles. The molecule has 0 fully saturated rings. The summed E-state index contributed by atoms with van der Waals surface area (Å²) in [5, 5.41) is 2.58. The molecule has 3 heteroatoms. The molecule has 0 saturated heterocycles. The van der Waals surface area contributed by atoms with Gasteiger partial charge < -0.3 is 9.30 Å². The highest BCUT2D eigenvalue weighted by atomic mass is 16.5. The molecule has 0 unspecified atom stereocenters. The molecule has 5 aromatic carbocycles. The van der Waals surface area contributed by atoms with Crippen molar-refractivity contribution >= 4 is 21.7 Å². The Kier molecular flexibility index (Phi) is 5.38. The number of pyridine rings is 1. The molecule has 0 aliphatic carbocycles. The molecule has 0 saturated carbocycles. The standard InChI is InChI=1S/C33H25NO2/c1-34-31-20-12-11-19-28(31)30-23-27(21-22-29(30)32(34)35)36-33(24-13-5-2-6-14-24,25-15-7-3-8-16-25)26-17-9-4-10-18-26/h2-23H,1H3. The summed E-state index contributed by atoms with van der Waals surface area (Å²) in [7, 11) is 1.82. The minimum atomic E-state index is -0.882. The highest BCUT2D eigenvalue weighted by molar-refractivity contribution is 6.06. The third-order valence-corrected chi connectivity index (χ3v) is 6.89. The van der Waals surface area contributed by atoms with E-state index in [0.717, 1.165) is 33.0 Å². The van der Waals surface area contributed by atoms with E-state index in [9.17, 15) is 4.79 Å². The van der Waals surface area contributed by atoms with E-state index in [1.807, 2.05) is 98.0 Å². The summed E-state index contributed by atoms with van der Waals surface area (Å²) >= 11 is 0. The molecule has 0 aliphatic rings. The topological polar surface area (TPSA) is 31.2 Å². The third-order valence-electron chi connectivity index (χ3n) is 6.89. The van der Waals surface area contributed by atoms with Gasteiger partial charge in [-0.15, -0.1) is 0 Å². The molecule has 6 aromatic rings. The number of rotatable bonds is 5. The number of ether oxygens (including phenoxy) is 1. The zero-order valence-electron chi connectivity index (χ0n) is 20.0. The molecule has 0 N–H and O–H groups in total. The van der Waals surface area contributed by atoms with Crippen molar-refractivity contribution in [3.05, 3.63) is 161 Å². The lowest BCUT2D eigenvalue weighted by Crippen LogP contribution is -2.36. The lowest BCUT2D eigenvalue weighted by atomic mass is 9.80. The Morgan fingerprint density at radius 2 is 1.06 bits per heavy atom. The van der Waals surface area contributed by atoms with Gasteiger partial charge >= 0.3 is 0 Å². The maximum atomic E-state index is 13.1. The predicted molar refractivity (Wildman–Crippen MR) is 147 cm³/mol. The minimum Gasteiger partial charge on any atom is -0.473 e. The van der Waals surface area contributed by atoms with Crippen LogP contribution in [0.15, 0.2) is 138 Å². The van der Waals surface area contributed by atoms with Crippen LogP contribution in [0.3, 0.4) is 0 Å². The van der Waals surface area contributed by atoms with Crippen LogP contribution in [0.2, 0.25) is 0 Å². The Bertz CT molecular complexity index is 1630. The van der Waals surface area contributed by atoms with Gasteiger partial charge in [0.15, 0.2) is 5.60 Å². The van der Waals surface area contributed by atoms with Crippen LogP contribution in [-0.2, 0) is 12.6 Å². The van der Waals surface area contributed by atoms with Crippen LogP contribution in [0.25, 0.3) is 21.7 Å². The smallest absolute Gasteiger partial charge is 0.258 e. The Morgan fingerprint density at radius 3 is 1.61 bits per heavy atom. The largest absolute Gasteiger partial charge is 0.473 e. The maximum Gasteiger partial charge on any atom is 0.258 e. The fraction of sp³-hybridized carbons (Fsp3) is 0.0606. The second-order valence-corrected chi connectivity index (χ2v) is 8.97. The van der Waals surface area contributed by atoms with Crippen molar-refractivity contribution in [3.8, 4) is 5.75 Å². The van der Waals surface area contributed by atoms with Crippen LogP contribution in [0.4, 0.5) is 0 Å². The number of aromatic nitrogens is 1. The predicted octanol–water partition coefficient (Wildman–Crippen LogP) is 7.06. The maximum absolute atomic E-state index is 13.1. The summed E-state index contributed by atoms with van der Waals surface area (Å²) in [5.41, 5.74) is 3.07. The first kappa shape index (κ1) is 21.9. The van der Waals surface area contributed by atoms with Gasteiger partial charge in [0.1, 0.15) is 5.75 Å². The van der Waals surface area contributed by atoms with Crippen LogP contribution in [0.1, 0.15) is 16.7 Å². The van der Waals surface area contributed by atoms with E-state index in [0.29, 0.717) is 11.1 Å². The van der Waals surface area contributed by atoms with Crippen molar-refractivity contribution in [2.24, 2.45) is 7.05 Å². The van der Waals surface area contributed by atoms with Gasteiger partial charge in [0.05, 0.1) is 5.52 Å². The summed E-state index contributed by atoms with van der Waals surface area (Å²) in [6.07, 6.45) is 0. The molecule has 0 aliphatic heterocycles. The quantitative estimate of drug-likeness (QED) is 0.201. The van der Waals surface area contributed by atoms with Gasteiger partial charge in [-0.3, -0.25) is 4.79 Å². The average molecular weight is 468 g/mol. The highest BCUT2D eigenvalue weighted by Gasteiger charge is 2.39. The van der Waals surface area contributed by atoms with E-state index in [2.05, 4.69) is 42.5 Å². The van der Waals surface area contributed by atoms with Crippen LogP contribution in [0, 0.1) is 0 Å². The fourth-order valence-corrected chi connectivity index (χ4v) is 5.15. The zero-order valence-corrected chi connectivity index (χ0v) is 20.0. The number of fused-ring (bicyclic) bond motifs is 3. The zero-order chi connectivity index (χ0) is 24.5. The molecule has 0 radical (unpaired) electrons. The Balaban J connectivity index is 1.64. The molecular formula is C33H25NO2. The van der Waals surface area contributed by atoms with Gasteiger partial charge in [0.2, 0.25) is 0 Å². The van der Waals surface area contributed by atoms with E-state index in [4.69, 9.17) is 4.74 Å². The number of para-hydroxylation sites is 1. The molecule has 0 atom stereocenters. The van der Waals surface area contributed by atoms with E-state index in [-0.39, 0.29) is 5.56 Å². The van der Waals surface area contributed by atoms with Gasteiger partial charge in [-0.1, -0.05) is 109 Å². The van der Waals surface area contributed by atoms with Gasteiger partial charge in [-0.25, -0.2) is 0 Å². The Hall–Kier alpha value is -4.63. The van der Waals surface area contributed by atoms with Crippen molar-refractivity contribution in [2.45, 2.75) is 5.60 Å². The first-order valence-corrected chi connectivity index (χ1v) is 12.1. The van der Waals surface area contributed by atoms with Gasteiger partial charge in [0, 0.05) is 39.9 Å². The van der Waals surface area contributed by atoms with Crippen molar-refractivity contribution in [1.29, 1.82) is 0 Å². The minimum absolute atomic E-state index is 0.0179. The monoisotopic (exact) mass is 467 g/mol. The van der Waals surface area contributed by atoms with Crippen LogP contribution in [0.5, 0.6) is 5.75 Å². The molecular weight excluding hydrogens is 442 g/mol. The van der Waals surface area contributed by atoms with E-state index >= 15 is 0 Å². The molecule has 174 valence electrons. The van der Waals surface area contributed by atoms with Crippen LogP contribution < -0.4 is 10.3 Å². The summed E-state index contributed by atoms with van der Waals surface area (Å²) in [6.45, 7) is 0. The SMILES string of the molecule is Cn1c(=O)c2ccc(OC(c3ccccc3)(c3ccccc3)c3ccccc3)cc2c2ccccc21. The lowest BCUT2D eigenvalue weighted by Gasteiger charge is -2.36. The molecule has 0 spiro atoms. The molecule has 36 heavy (non-hydrogen) atoms. The third kappa shape index (κ3) is 3.48. The lowest BCUT2D eigenvalue weighted by molar-refractivity contribution is 0.155. The first-order chi connectivity index (χ1) is 17.7. The highest BCUT2D eigenvalue weighted by Crippen LogP contribution is 2.42. The number of aryl methyl sites for hydroxylation is 1. The number of hydrogen-bond donors (Lipinski definition) is 0. The van der Waals surface area contributed by atoms with Crippen molar-refractivity contribution in [3.63, 3.8) is 0 Å². The van der Waals surface area contributed by atoms with Gasteiger partial charge in [0.25, 0.3) is 5.56 Å². The summed E-state index contributed by atoms with van der Waals surface area (Å²) < 4.78 is 8.79. The molecule has 0 amide bonds. The van der Waals surface area contributed by atoms with Crippen molar-refractivity contribution in [1.82, 2.24) is 4.57 Å². The number of benzene rings is 5. The van der Waals surface area contributed by atoms with E-state index in [1.54, 1.807) is 4.57 Å². The second-order valence-electron chi connectivity index (χ2n) is 8.97. The molecule has 0 bridgehead atoms. The number of hydrogen-bond acceptors (Lipinski definition) is 2. The Labute approximate surface area is 209 Å². The Morgan fingerprint density at radius 1 is 0.556 bits per heavy atom. The van der Waals surface area contributed by atoms with E-state index in [1.165, 1.54) is 0 Å². The van der Waals surface area contributed by atoms with Crippen molar-refractivity contribution in [2.75, 3.05) is 0 Å².